The van der Waals surface area contributed by atoms with Crippen molar-refractivity contribution in [3.05, 3.63) is 54.1 Å². The summed E-state index contributed by atoms with van der Waals surface area (Å²) in [5, 5.41) is 19.0. The van der Waals surface area contributed by atoms with Crippen LogP contribution in [-0.4, -0.2) is 36.8 Å². The number of aromatic nitrogens is 4. The zero-order valence-corrected chi connectivity index (χ0v) is 17.2. The molecule has 1 aliphatic carbocycles. The predicted molar refractivity (Wildman–Crippen MR) is 115 cm³/mol. The highest BCUT2D eigenvalue weighted by atomic mass is 19.1. The van der Waals surface area contributed by atoms with Crippen LogP contribution in [0.1, 0.15) is 37.1 Å². The first kappa shape index (κ1) is 19.6. The summed E-state index contributed by atoms with van der Waals surface area (Å²) in [5.41, 5.74) is 4.25. The highest BCUT2D eigenvalue weighted by molar-refractivity contribution is 6.01. The number of nitrogens with zero attached hydrogens (tertiary/aromatic N) is 4. The molecule has 1 unspecified atom stereocenters. The van der Waals surface area contributed by atoms with Crippen LogP contribution in [0.4, 0.5) is 10.2 Å². The van der Waals surface area contributed by atoms with Gasteiger partial charge in [0.1, 0.15) is 12.0 Å². The molecule has 0 aromatic carbocycles. The van der Waals surface area contributed by atoms with E-state index < -0.39 is 18.2 Å². The summed E-state index contributed by atoms with van der Waals surface area (Å²) in [7, 11) is 0. The number of pyridine rings is 3. The van der Waals surface area contributed by atoms with Crippen molar-refractivity contribution in [1.82, 2.24) is 19.6 Å². The minimum Gasteiger partial charge on any atom is -0.387 e. The molecule has 8 heteroatoms. The van der Waals surface area contributed by atoms with Crippen molar-refractivity contribution in [2.75, 3.05) is 5.32 Å². The highest BCUT2D eigenvalue weighted by Gasteiger charge is 2.43. The number of amides is 1. The number of alkyl halides is 1. The Morgan fingerprint density at radius 1 is 1.32 bits per heavy atom. The number of halogens is 1. The van der Waals surface area contributed by atoms with Gasteiger partial charge in [0, 0.05) is 28.7 Å². The average Bonchev–Trinajstić information content (AvgIpc) is 3.30. The van der Waals surface area contributed by atoms with Crippen LogP contribution in [0.25, 0.3) is 27.5 Å². The topological polar surface area (TPSA) is 92.4 Å². The molecule has 31 heavy (non-hydrogen) atoms. The molecular formula is C23H22FN5O2. The van der Waals surface area contributed by atoms with Gasteiger partial charge >= 0.3 is 0 Å². The van der Waals surface area contributed by atoms with Crippen molar-refractivity contribution in [2.45, 2.75) is 39.0 Å². The number of aliphatic hydroxyl groups excluding tert-OH is 1. The van der Waals surface area contributed by atoms with E-state index in [1.807, 2.05) is 36.6 Å². The lowest BCUT2D eigenvalue weighted by molar-refractivity contribution is -0.117. The fraction of sp³-hybridized carbons (Fsp3) is 0.304. The molecule has 0 aliphatic heterocycles. The summed E-state index contributed by atoms with van der Waals surface area (Å²) in [6.07, 6.45) is 4.41. The third kappa shape index (κ3) is 3.42. The van der Waals surface area contributed by atoms with Crippen LogP contribution >= 0.6 is 0 Å². The molecule has 0 saturated heterocycles. The van der Waals surface area contributed by atoms with Crippen LogP contribution in [-0.2, 0) is 4.79 Å². The molecule has 1 amide bonds. The lowest BCUT2D eigenvalue weighted by Gasteiger charge is -2.14. The van der Waals surface area contributed by atoms with Gasteiger partial charge in [-0.3, -0.25) is 9.78 Å². The number of rotatable bonds is 5. The van der Waals surface area contributed by atoms with Gasteiger partial charge in [-0.05, 0) is 49.6 Å². The van der Waals surface area contributed by atoms with Crippen LogP contribution in [0.5, 0.6) is 0 Å². The van der Waals surface area contributed by atoms with Crippen molar-refractivity contribution < 1.29 is 14.3 Å². The fourth-order valence-electron chi connectivity index (χ4n) is 3.86. The van der Waals surface area contributed by atoms with Crippen LogP contribution in [0, 0.1) is 12.8 Å². The molecule has 158 valence electrons. The van der Waals surface area contributed by atoms with E-state index in [9.17, 15) is 14.3 Å². The third-order valence-corrected chi connectivity index (χ3v) is 5.81. The van der Waals surface area contributed by atoms with Crippen LogP contribution < -0.4 is 5.32 Å². The van der Waals surface area contributed by atoms with E-state index in [2.05, 4.69) is 20.4 Å². The second-order valence-electron chi connectivity index (χ2n) is 8.01. The van der Waals surface area contributed by atoms with E-state index in [4.69, 9.17) is 0 Å². The first-order valence-electron chi connectivity index (χ1n) is 10.3. The summed E-state index contributed by atoms with van der Waals surface area (Å²) in [6.45, 7) is 3.89. The highest BCUT2D eigenvalue weighted by Crippen LogP contribution is 2.35. The number of anilines is 1. The number of hydrogen-bond acceptors (Lipinski definition) is 5. The first-order valence-corrected chi connectivity index (χ1v) is 10.3. The smallest absolute Gasteiger partial charge is 0.231 e. The van der Waals surface area contributed by atoms with E-state index in [1.165, 1.54) is 0 Å². The van der Waals surface area contributed by atoms with Gasteiger partial charge in [0.15, 0.2) is 0 Å². The van der Waals surface area contributed by atoms with Gasteiger partial charge in [-0.2, -0.15) is 5.10 Å². The van der Waals surface area contributed by atoms with Crippen LogP contribution in [0.3, 0.4) is 0 Å². The lowest BCUT2D eigenvalue weighted by Crippen LogP contribution is -2.15. The molecule has 4 aromatic rings. The molecular weight excluding hydrogens is 397 g/mol. The Balaban J connectivity index is 1.58. The fourth-order valence-corrected chi connectivity index (χ4v) is 3.86. The molecule has 0 bridgehead atoms. The monoisotopic (exact) mass is 419 g/mol. The van der Waals surface area contributed by atoms with Gasteiger partial charge in [0.25, 0.3) is 0 Å². The van der Waals surface area contributed by atoms with Gasteiger partial charge < -0.3 is 10.4 Å². The zero-order valence-electron chi connectivity index (χ0n) is 17.2. The molecule has 1 aliphatic rings. The maximum atomic E-state index is 13.2. The number of aryl methyl sites for hydroxylation is 1. The Hall–Kier alpha value is -3.39. The second-order valence-corrected chi connectivity index (χ2v) is 8.01. The molecule has 7 nitrogen and oxygen atoms in total. The van der Waals surface area contributed by atoms with Crippen LogP contribution in [0.2, 0.25) is 0 Å². The lowest BCUT2D eigenvalue weighted by atomic mass is 10.0. The average molecular weight is 419 g/mol. The molecule has 4 heterocycles. The summed E-state index contributed by atoms with van der Waals surface area (Å²) >= 11 is 0. The first-order chi connectivity index (χ1) is 15.0. The number of carbonyl (C=O) groups is 1. The number of nitrogens with one attached hydrogen (secondary N) is 1. The summed E-state index contributed by atoms with van der Waals surface area (Å²) in [6, 6.07) is 7.56. The molecule has 5 rings (SSSR count). The second kappa shape index (κ2) is 7.39. The SMILES string of the molecule is CCC(O)c1cc(C)c(-c2cc3cnc(NC(=O)[C@H]4C[C@H]4F)cc3c3ccnn23)cn1. The van der Waals surface area contributed by atoms with Crippen molar-refractivity contribution >= 4 is 28.0 Å². The van der Waals surface area contributed by atoms with Gasteiger partial charge in [-0.15, -0.1) is 0 Å². The van der Waals surface area contributed by atoms with Gasteiger partial charge in [-0.25, -0.2) is 13.9 Å². The van der Waals surface area contributed by atoms with Gasteiger partial charge in [0.2, 0.25) is 5.91 Å². The van der Waals surface area contributed by atoms with E-state index in [0.717, 1.165) is 33.1 Å². The molecule has 4 aromatic heterocycles. The van der Waals surface area contributed by atoms with Crippen molar-refractivity contribution in [3.8, 4) is 11.3 Å². The summed E-state index contributed by atoms with van der Waals surface area (Å²) in [4.78, 5) is 20.9. The maximum Gasteiger partial charge on any atom is 0.231 e. The summed E-state index contributed by atoms with van der Waals surface area (Å²) in [5.74, 6) is -0.515. The third-order valence-electron chi connectivity index (χ3n) is 5.81. The van der Waals surface area contributed by atoms with Gasteiger partial charge in [-0.1, -0.05) is 6.92 Å². The van der Waals surface area contributed by atoms with E-state index in [1.54, 1.807) is 24.7 Å². The predicted octanol–water partition coefficient (Wildman–Crippen LogP) is 3.99. The number of fused-ring (bicyclic) bond motifs is 3. The minimum atomic E-state index is -1.05. The largest absolute Gasteiger partial charge is 0.387 e. The van der Waals surface area contributed by atoms with Crippen molar-refractivity contribution in [1.29, 1.82) is 0 Å². The van der Waals surface area contributed by atoms with E-state index in [-0.39, 0.29) is 12.3 Å². The molecule has 3 atom stereocenters. The Morgan fingerprint density at radius 3 is 2.84 bits per heavy atom. The standard InChI is InChI=1S/C23H22FN5O2/c1-3-21(30)18-6-12(2)16(11-25-18)20-7-13-10-26-22(28-23(31)15-8-17(15)24)9-14(13)19-4-5-27-29(19)20/h4-7,9-11,15,17,21,30H,3,8H2,1-2H3,(H,26,28,31)/t15-,17+,21?/m0/s1. The Bertz CT molecular complexity index is 1320. The molecule has 0 radical (unpaired) electrons. The molecule has 1 saturated carbocycles. The van der Waals surface area contributed by atoms with E-state index >= 15 is 0 Å². The van der Waals surface area contributed by atoms with Gasteiger partial charge in [0.05, 0.1) is 35.1 Å². The summed E-state index contributed by atoms with van der Waals surface area (Å²) < 4.78 is 15.0. The Kier molecular flexibility index (Phi) is 4.66. The number of hydrogen-bond donors (Lipinski definition) is 2. The molecule has 2 N–H and O–H groups in total. The number of aliphatic hydroxyl groups is 1. The maximum absolute atomic E-state index is 13.2. The molecule has 1 fully saturated rings. The van der Waals surface area contributed by atoms with Crippen LogP contribution in [0.15, 0.2) is 42.9 Å². The number of carbonyl (C=O) groups excluding carboxylic acids is 1. The Morgan fingerprint density at radius 2 is 2.13 bits per heavy atom. The van der Waals surface area contributed by atoms with Crippen molar-refractivity contribution in [2.24, 2.45) is 5.92 Å². The van der Waals surface area contributed by atoms with E-state index in [0.29, 0.717) is 17.9 Å². The minimum absolute atomic E-state index is 0.275. The normalized spacial score (nSPS) is 19.0. The van der Waals surface area contributed by atoms with Crippen molar-refractivity contribution in [3.63, 3.8) is 0 Å². The molecule has 0 spiro atoms. The Labute approximate surface area is 178 Å². The zero-order chi connectivity index (χ0) is 21.7. The quantitative estimate of drug-likeness (QED) is 0.510.